The summed E-state index contributed by atoms with van der Waals surface area (Å²) in [6.45, 7) is 0.228. The number of aliphatic hydroxyl groups is 1. The van der Waals surface area contributed by atoms with Gasteiger partial charge in [-0.1, -0.05) is 36.8 Å². The number of Topliss-reactive ketones (excluding diaryl/α,β-unsaturated/α-hetero) is 1. The Morgan fingerprint density at radius 1 is 1.10 bits per heavy atom. The summed E-state index contributed by atoms with van der Waals surface area (Å²) in [6.07, 6.45) is 6.17. The van der Waals surface area contributed by atoms with Gasteiger partial charge in [-0.25, -0.2) is 0 Å². The van der Waals surface area contributed by atoms with Gasteiger partial charge in [-0.2, -0.15) is 0 Å². The molecule has 1 aromatic rings. The molecule has 108 valence electrons. The van der Waals surface area contributed by atoms with Crippen molar-refractivity contribution in [3.05, 3.63) is 42.0 Å². The molecular weight excluding hydrogens is 254 g/mol. The number of ketones is 1. The number of unbranched alkanes of at least 4 members (excludes halogenated alkanes) is 2. The SMILES string of the molecule is O=C(CO)CCCCCNC(=O)/C=C/c1ccccc1. The molecule has 20 heavy (non-hydrogen) atoms. The average molecular weight is 275 g/mol. The highest BCUT2D eigenvalue weighted by Gasteiger charge is 1.99. The Kier molecular flexibility index (Phi) is 7.99. The van der Waals surface area contributed by atoms with Gasteiger partial charge in [0.2, 0.25) is 5.91 Å². The van der Waals surface area contributed by atoms with Crippen molar-refractivity contribution >= 4 is 17.8 Å². The maximum absolute atomic E-state index is 11.5. The molecule has 2 N–H and O–H groups in total. The van der Waals surface area contributed by atoms with Gasteiger partial charge in [-0.15, -0.1) is 0 Å². The van der Waals surface area contributed by atoms with Crippen LogP contribution in [0.4, 0.5) is 0 Å². The van der Waals surface area contributed by atoms with E-state index >= 15 is 0 Å². The predicted molar refractivity (Wildman–Crippen MR) is 79.0 cm³/mol. The second kappa shape index (κ2) is 9.92. The van der Waals surface area contributed by atoms with Gasteiger partial charge in [0, 0.05) is 19.0 Å². The van der Waals surface area contributed by atoms with E-state index in [2.05, 4.69) is 5.32 Å². The molecule has 0 aliphatic heterocycles. The molecule has 0 aromatic heterocycles. The second-order valence-corrected chi connectivity index (χ2v) is 4.54. The van der Waals surface area contributed by atoms with Gasteiger partial charge < -0.3 is 10.4 Å². The van der Waals surface area contributed by atoms with Crippen LogP contribution >= 0.6 is 0 Å². The zero-order valence-electron chi connectivity index (χ0n) is 11.5. The lowest BCUT2D eigenvalue weighted by Crippen LogP contribution is -2.22. The number of nitrogens with one attached hydrogen (secondary N) is 1. The summed E-state index contributed by atoms with van der Waals surface area (Å²) in [5, 5.41) is 11.3. The number of carbonyl (C=O) groups excluding carboxylic acids is 2. The molecule has 0 bridgehead atoms. The standard InChI is InChI=1S/C16H21NO3/c18-13-15(19)9-5-2-6-12-17-16(20)11-10-14-7-3-1-4-8-14/h1,3-4,7-8,10-11,18H,2,5-6,9,12-13H2,(H,17,20)/b11-10+. The Bertz CT molecular complexity index is 440. The smallest absolute Gasteiger partial charge is 0.243 e. The zero-order chi connectivity index (χ0) is 14.6. The first-order chi connectivity index (χ1) is 9.72. The average Bonchev–Trinajstić information content (AvgIpc) is 2.49. The Hall–Kier alpha value is -1.94. The van der Waals surface area contributed by atoms with Gasteiger partial charge in [0.1, 0.15) is 6.61 Å². The van der Waals surface area contributed by atoms with E-state index < -0.39 is 0 Å². The van der Waals surface area contributed by atoms with Crippen LogP contribution in [0.2, 0.25) is 0 Å². The first kappa shape index (κ1) is 16.1. The largest absolute Gasteiger partial charge is 0.389 e. The molecule has 4 nitrogen and oxygen atoms in total. The van der Waals surface area contributed by atoms with Crippen LogP contribution in [0.3, 0.4) is 0 Å². The van der Waals surface area contributed by atoms with E-state index in [1.807, 2.05) is 30.3 Å². The third kappa shape index (κ3) is 7.48. The summed E-state index contributed by atoms with van der Waals surface area (Å²) in [7, 11) is 0. The van der Waals surface area contributed by atoms with Crippen LogP contribution in [0.25, 0.3) is 6.08 Å². The Balaban J connectivity index is 2.09. The minimum Gasteiger partial charge on any atom is -0.389 e. The summed E-state index contributed by atoms with van der Waals surface area (Å²) in [5.41, 5.74) is 0.991. The van der Waals surface area contributed by atoms with E-state index in [9.17, 15) is 9.59 Å². The minimum atomic E-state index is -0.374. The molecule has 0 fully saturated rings. The summed E-state index contributed by atoms with van der Waals surface area (Å²) in [4.78, 5) is 22.4. The van der Waals surface area contributed by atoms with Gasteiger partial charge >= 0.3 is 0 Å². The molecule has 0 saturated carbocycles. The van der Waals surface area contributed by atoms with Gasteiger partial charge in [0.05, 0.1) is 0 Å². The number of hydrogen-bond donors (Lipinski definition) is 2. The molecule has 0 heterocycles. The maximum Gasteiger partial charge on any atom is 0.243 e. The number of amides is 1. The van der Waals surface area contributed by atoms with Crippen molar-refractivity contribution in [2.75, 3.05) is 13.2 Å². The molecule has 1 rings (SSSR count). The molecule has 0 aliphatic carbocycles. The van der Waals surface area contributed by atoms with E-state index in [0.29, 0.717) is 13.0 Å². The predicted octanol–water partition coefficient (Wildman–Crippen LogP) is 1.94. The summed E-state index contributed by atoms with van der Waals surface area (Å²) < 4.78 is 0. The Labute approximate surface area is 119 Å². The zero-order valence-corrected chi connectivity index (χ0v) is 11.5. The van der Waals surface area contributed by atoms with Crippen LogP contribution in [0.5, 0.6) is 0 Å². The molecule has 0 radical (unpaired) electrons. The van der Waals surface area contributed by atoms with Crippen LogP contribution in [-0.2, 0) is 9.59 Å². The molecule has 0 atom stereocenters. The van der Waals surface area contributed by atoms with E-state index in [4.69, 9.17) is 5.11 Å². The third-order valence-electron chi connectivity index (χ3n) is 2.83. The lowest BCUT2D eigenvalue weighted by Gasteiger charge is -2.02. The summed E-state index contributed by atoms with van der Waals surface area (Å²) >= 11 is 0. The van der Waals surface area contributed by atoms with Crippen molar-refractivity contribution < 1.29 is 14.7 Å². The quantitative estimate of drug-likeness (QED) is 0.534. The van der Waals surface area contributed by atoms with Crippen molar-refractivity contribution in [3.8, 4) is 0 Å². The van der Waals surface area contributed by atoms with E-state index in [1.165, 1.54) is 6.08 Å². The highest BCUT2D eigenvalue weighted by Crippen LogP contribution is 2.01. The van der Waals surface area contributed by atoms with Crippen LogP contribution in [0, 0.1) is 0 Å². The summed E-state index contributed by atoms with van der Waals surface area (Å²) in [5.74, 6) is -0.236. The fourth-order valence-electron chi connectivity index (χ4n) is 1.71. The number of benzene rings is 1. The Morgan fingerprint density at radius 2 is 1.85 bits per heavy atom. The highest BCUT2D eigenvalue weighted by molar-refractivity contribution is 5.91. The van der Waals surface area contributed by atoms with Gasteiger partial charge in [0.25, 0.3) is 0 Å². The highest BCUT2D eigenvalue weighted by atomic mass is 16.3. The second-order valence-electron chi connectivity index (χ2n) is 4.54. The van der Waals surface area contributed by atoms with Crippen LogP contribution in [-0.4, -0.2) is 29.9 Å². The lowest BCUT2D eigenvalue weighted by molar-refractivity contribution is -0.122. The number of aliphatic hydroxyl groups excluding tert-OH is 1. The number of hydrogen-bond acceptors (Lipinski definition) is 3. The fourth-order valence-corrected chi connectivity index (χ4v) is 1.71. The van der Waals surface area contributed by atoms with E-state index in [-0.39, 0.29) is 18.3 Å². The lowest BCUT2D eigenvalue weighted by atomic mass is 10.1. The molecule has 0 unspecified atom stereocenters. The monoisotopic (exact) mass is 275 g/mol. The van der Waals surface area contributed by atoms with Crippen LogP contribution in [0.15, 0.2) is 36.4 Å². The van der Waals surface area contributed by atoms with E-state index in [1.54, 1.807) is 6.08 Å². The van der Waals surface area contributed by atoms with Gasteiger partial charge in [-0.05, 0) is 24.5 Å². The molecule has 0 saturated heterocycles. The molecule has 0 aliphatic rings. The molecule has 4 heteroatoms. The molecular formula is C16H21NO3. The maximum atomic E-state index is 11.5. The van der Waals surface area contributed by atoms with Crippen LogP contribution in [0.1, 0.15) is 31.2 Å². The number of rotatable bonds is 9. The van der Waals surface area contributed by atoms with Gasteiger partial charge in [-0.3, -0.25) is 9.59 Å². The van der Waals surface area contributed by atoms with Crippen molar-refractivity contribution in [2.45, 2.75) is 25.7 Å². The molecule has 1 amide bonds. The molecule has 1 aromatic carbocycles. The van der Waals surface area contributed by atoms with Crippen molar-refractivity contribution in [1.82, 2.24) is 5.32 Å². The van der Waals surface area contributed by atoms with E-state index in [0.717, 1.165) is 24.8 Å². The first-order valence-electron chi connectivity index (χ1n) is 6.86. The summed E-state index contributed by atoms with van der Waals surface area (Å²) in [6, 6.07) is 9.64. The Morgan fingerprint density at radius 3 is 2.55 bits per heavy atom. The first-order valence-corrected chi connectivity index (χ1v) is 6.86. The topological polar surface area (TPSA) is 66.4 Å². The van der Waals surface area contributed by atoms with Crippen LogP contribution < -0.4 is 5.32 Å². The van der Waals surface area contributed by atoms with Crippen molar-refractivity contribution in [3.63, 3.8) is 0 Å². The fraction of sp³-hybridized carbons (Fsp3) is 0.375. The molecule has 0 spiro atoms. The third-order valence-corrected chi connectivity index (χ3v) is 2.83. The minimum absolute atomic E-state index is 0.111. The normalized spacial score (nSPS) is 10.7. The number of carbonyl (C=O) groups is 2. The van der Waals surface area contributed by atoms with Crippen molar-refractivity contribution in [2.24, 2.45) is 0 Å². The van der Waals surface area contributed by atoms with Gasteiger partial charge in [0.15, 0.2) is 5.78 Å². The van der Waals surface area contributed by atoms with Crippen molar-refractivity contribution in [1.29, 1.82) is 0 Å².